The third kappa shape index (κ3) is 9.23. The van der Waals surface area contributed by atoms with Gasteiger partial charge < -0.3 is 0 Å². The van der Waals surface area contributed by atoms with Crippen LogP contribution >= 0.6 is 23.5 Å². The van der Waals surface area contributed by atoms with Crippen molar-refractivity contribution in [1.82, 2.24) is 0 Å². The molecule has 0 aromatic carbocycles. The van der Waals surface area contributed by atoms with Gasteiger partial charge in [0.1, 0.15) is 0 Å². The van der Waals surface area contributed by atoms with E-state index < -0.39 is 8.07 Å². The van der Waals surface area contributed by atoms with Crippen molar-refractivity contribution < 1.29 is 0 Å². The molecule has 0 fully saturated rings. The Balaban J connectivity index is 3.42. The van der Waals surface area contributed by atoms with E-state index in [-0.39, 0.29) is 0 Å². The normalized spacial score (nSPS) is 12.0. The zero-order chi connectivity index (χ0) is 10.2. The standard InChI is InChI=1S/C10H24S2Si/c1-11-7-5-9-13(3,4)10-6-8-12-2/h5-10H2,1-4H3. The lowest BCUT2D eigenvalue weighted by Gasteiger charge is -2.21. The SMILES string of the molecule is CSCCC[Si](C)(C)CCCSC. The summed E-state index contributed by atoms with van der Waals surface area (Å²) in [6.45, 7) is 5.10. The Morgan fingerprint density at radius 3 is 1.54 bits per heavy atom. The van der Waals surface area contributed by atoms with Crippen LogP contribution in [0.4, 0.5) is 0 Å². The van der Waals surface area contributed by atoms with Crippen molar-refractivity contribution in [3.05, 3.63) is 0 Å². The molecular formula is C10H24S2Si. The van der Waals surface area contributed by atoms with Gasteiger partial charge in [-0.2, -0.15) is 23.5 Å². The maximum absolute atomic E-state index is 2.55. The monoisotopic (exact) mass is 236 g/mol. The fourth-order valence-corrected chi connectivity index (χ4v) is 5.41. The Morgan fingerprint density at radius 2 is 1.23 bits per heavy atom. The summed E-state index contributed by atoms with van der Waals surface area (Å²) < 4.78 is 0. The molecule has 0 atom stereocenters. The molecule has 0 nitrogen and oxygen atoms in total. The van der Waals surface area contributed by atoms with Crippen molar-refractivity contribution in [3.8, 4) is 0 Å². The van der Waals surface area contributed by atoms with Gasteiger partial charge in [0.2, 0.25) is 0 Å². The first-order valence-electron chi connectivity index (χ1n) is 5.10. The van der Waals surface area contributed by atoms with Gasteiger partial charge in [-0.15, -0.1) is 0 Å². The fraction of sp³-hybridized carbons (Fsp3) is 1.00. The molecule has 0 aliphatic carbocycles. The topological polar surface area (TPSA) is 0 Å². The van der Waals surface area contributed by atoms with E-state index in [4.69, 9.17) is 0 Å². The first-order valence-corrected chi connectivity index (χ1v) is 11.3. The van der Waals surface area contributed by atoms with Crippen LogP contribution in [0.3, 0.4) is 0 Å². The van der Waals surface area contributed by atoms with Crippen LogP contribution in [0.2, 0.25) is 25.2 Å². The minimum absolute atomic E-state index is 0.804. The van der Waals surface area contributed by atoms with Crippen LogP contribution in [0.5, 0.6) is 0 Å². The van der Waals surface area contributed by atoms with Gasteiger partial charge in [-0.1, -0.05) is 25.2 Å². The molecule has 0 aromatic rings. The molecule has 13 heavy (non-hydrogen) atoms. The second-order valence-electron chi connectivity index (χ2n) is 4.36. The number of thioether (sulfide) groups is 2. The molecule has 0 unspecified atom stereocenters. The van der Waals surface area contributed by atoms with Gasteiger partial charge in [-0.3, -0.25) is 0 Å². The molecule has 0 heterocycles. The minimum Gasteiger partial charge on any atom is -0.165 e. The van der Waals surface area contributed by atoms with E-state index >= 15 is 0 Å². The second kappa shape index (κ2) is 8.24. The summed E-state index contributed by atoms with van der Waals surface area (Å²) >= 11 is 3.98. The van der Waals surface area contributed by atoms with Crippen molar-refractivity contribution in [2.75, 3.05) is 24.0 Å². The van der Waals surface area contributed by atoms with Gasteiger partial charge in [-0.05, 0) is 36.9 Å². The summed E-state index contributed by atoms with van der Waals surface area (Å²) in [5, 5.41) is 0. The molecule has 0 aliphatic rings. The second-order valence-corrected chi connectivity index (χ2v) is 11.7. The van der Waals surface area contributed by atoms with E-state index in [0.717, 1.165) is 0 Å². The van der Waals surface area contributed by atoms with Crippen LogP contribution in [0.25, 0.3) is 0 Å². The van der Waals surface area contributed by atoms with Gasteiger partial charge in [0.15, 0.2) is 0 Å². The van der Waals surface area contributed by atoms with Gasteiger partial charge in [0.05, 0.1) is 0 Å². The van der Waals surface area contributed by atoms with Crippen molar-refractivity contribution >= 4 is 31.6 Å². The quantitative estimate of drug-likeness (QED) is 0.457. The maximum atomic E-state index is 2.55. The van der Waals surface area contributed by atoms with Crippen molar-refractivity contribution in [3.63, 3.8) is 0 Å². The molecule has 0 saturated carbocycles. The highest BCUT2D eigenvalue weighted by Crippen LogP contribution is 2.21. The predicted octanol–water partition coefficient (Wildman–Crippen LogP) is 4.20. The highest BCUT2D eigenvalue weighted by atomic mass is 32.2. The summed E-state index contributed by atoms with van der Waals surface area (Å²) in [5.41, 5.74) is 0. The molecular weight excluding hydrogens is 212 g/mol. The molecule has 0 radical (unpaired) electrons. The molecule has 0 aliphatic heterocycles. The van der Waals surface area contributed by atoms with Crippen molar-refractivity contribution in [2.24, 2.45) is 0 Å². The first kappa shape index (κ1) is 13.9. The van der Waals surface area contributed by atoms with E-state index in [2.05, 4.69) is 25.6 Å². The largest absolute Gasteiger partial charge is 0.165 e. The summed E-state index contributed by atoms with van der Waals surface area (Å²) in [6.07, 6.45) is 7.31. The van der Waals surface area contributed by atoms with E-state index in [0.29, 0.717) is 0 Å². The van der Waals surface area contributed by atoms with Crippen LogP contribution in [0, 0.1) is 0 Å². The van der Waals surface area contributed by atoms with Crippen LogP contribution in [0.1, 0.15) is 12.8 Å². The van der Waals surface area contributed by atoms with Gasteiger partial charge in [0, 0.05) is 8.07 Å². The summed E-state index contributed by atoms with van der Waals surface area (Å²) in [5.74, 6) is 2.72. The van der Waals surface area contributed by atoms with Crippen LogP contribution in [0.15, 0.2) is 0 Å². The Kier molecular flexibility index (Phi) is 8.83. The summed E-state index contributed by atoms with van der Waals surface area (Å²) in [6, 6.07) is 3.06. The zero-order valence-corrected chi connectivity index (χ0v) is 12.2. The highest BCUT2D eigenvalue weighted by molar-refractivity contribution is 7.98. The maximum Gasteiger partial charge on any atom is 0.0474 e. The average molecular weight is 237 g/mol. The Labute approximate surface area is 93.7 Å². The number of hydrogen-bond donors (Lipinski definition) is 0. The van der Waals surface area contributed by atoms with Gasteiger partial charge in [0.25, 0.3) is 0 Å². The molecule has 0 rings (SSSR count). The van der Waals surface area contributed by atoms with Crippen molar-refractivity contribution in [1.29, 1.82) is 0 Å². The smallest absolute Gasteiger partial charge is 0.0474 e. The Bertz CT molecular complexity index is 103. The molecule has 0 N–H and O–H groups in total. The van der Waals surface area contributed by atoms with E-state index in [1.165, 1.54) is 36.4 Å². The number of rotatable bonds is 8. The summed E-state index contributed by atoms with van der Waals surface area (Å²) in [4.78, 5) is 0. The highest BCUT2D eigenvalue weighted by Gasteiger charge is 2.18. The Hall–Kier alpha value is 0.917. The lowest BCUT2D eigenvalue weighted by Crippen LogP contribution is -2.25. The minimum atomic E-state index is -0.804. The fourth-order valence-electron chi connectivity index (χ4n) is 1.52. The zero-order valence-electron chi connectivity index (χ0n) is 9.56. The lowest BCUT2D eigenvalue weighted by atomic mass is 10.6. The molecule has 0 spiro atoms. The number of hydrogen-bond acceptors (Lipinski definition) is 2. The van der Waals surface area contributed by atoms with Gasteiger partial charge >= 0.3 is 0 Å². The van der Waals surface area contributed by atoms with Crippen LogP contribution in [-0.2, 0) is 0 Å². The van der Waals surface area contributed by atoms with Gasteiger partial charge in [-0.25, -0.2) is 0 Å². The van der Waals surface area contributed by atoms with E-state index in [1.807, 2.05) is 23.5 Å². The van der Waals surface area contributed by atoms with E-state index in [9.17, 15) is 0 Å². The van der Waals surface area contributed by atoms with Crippen molar-refractivity contribution in [2.45, 2.75) is 38.0 Å². The molecule has 0 aromatic heterocycles. The molecule has 3 heteroatoms. The van der Waals surface area contributed by atoms with Crippen LogP contribution < -0.4 is 0 Å². The molecule has 80 valence electrons. The third-order valence-electron chi connectivity index (χ3n) is 2.40. The third-order valence-corrected chi connectivity index (χ3v) is 7.21. The lowest BCUT2D eigenvalue weighted by molar-refractivity contribution is 0.997. The van der Waals surface area contributed by atoms with Crippen LogP contribution in [-0.4, -0.2) is 32.1 Å². The average Bonchev–Trinajstić information content (AvgIpc) is 2.05. The Morgan fingerprint density at radius 1 is 0.846 bits per heavy atom. The summed E-state index contributed by atoms with van der Waals surface area (Å²) in [7, 11) is -0.804. The molecule has 0 amide bonds. The molecule has 0 saturated heterocycles. The molecule has 0 bridgehead atoms. The van der Waals surface area contributed by atoms with E-state index in [1.54, 1.807) is 0 Å². The predicted molar refractivity (Wildman–Crippen MR) is 73.1 cm³/mol. The first-order chi connectivity index (χ1) is 6.12.